The highest BCUT2D eigenvalue weighted by molar-refractivity contribution is 7.98. The van der Waals surface area contributed by atoms with E-state index in [-0.39, 0.29) is 11.8 Å². The van der Waals surface area contributed by atoms with E-state index in [1.54, 1.807) is 11.8 Å². The minimum Gasteiger partial charge on any atom is -0.353 e. The Bertz CT molecular complexity index is 1240. The van der Waals surface area contributed by atoms with Gasteiger partial charge in [0.15, 0.2) is 0 Å². The molecule has 216 valence electrons. The van der Waals surface area contributed by atoms with E-state index >= 15 is 0 Å². The van der Waals surface area contributed by atoms with E-state index in [0.717, 1.165) is 53.7 Å². The van der Waals surface area contributed by atoms with Gasteiger partial charge in [-0.2, -0.15) is 11.8 Å². The summed E-state index contributed by atoms with van der Waals surface area (Å²) in [6.45, 7) is 12.1. The average molecular weight is 563 g/mol. The maximum atomic E-state index is 13.9. The van der Waals surface area contributed by atoms with Crippen LogP contribution in [-0.2, 0) is 11.2 Å². The molecular weight excluding hydrogens is 516 g/mol. The van der Waals surface area contributed by atoms with Gasteiger partial charge in [-0.15, -0.1) is 0 Å². The van der Waals surface area contributed by atoms with Gasteiger partial charge in [0, 0.05) is 36.1 Å². The fourth-order valence-electron chi connectivity index (χ4n) is 5.04. The van der Waals surface area contributed by atoms with E-state index in [1.807, 2.05) is 48.7 Å². The average Bonchev–Trinajstić information content (AvgIpc) is 2.95. The zero-order chi connectivity index (χ0) is 29.1. The Morgan fingerprint density at radius 1 is 1.00 bits per heavy atom. The van der Waals surface area contributed by atoms with E-state index in [2.05, 4.69) is 62.3 Å². The monoisotopic (exact) mass is 562 g/mol. The van der Waals surface area contributed by atoms with Gasteiger partial charge in [-0.3, -0.25) is 14.5 Å². The van der Waals surface area contributed by atoms with Crippen LogP contribution < -0.4 is 10.6 Å². The topological polar surface area (TPSA) is 74.3 Å². The van der Waals surface area contributed by atoms with Gasteiger partial charge < -0.3 is 10.6 Å². The lowest BCUT2D eigenvalue weighted by molar-refractivity contribution is -0.123. The standard InChI is InChI=1S/C33H46N4O2S/c1-7-8-12-25-15-16-29-27(21-25)28(22-31(35-29)26-13-10-9-11-14-26)32(38)36-30(17-20-40-6)33(39)34-18-19-37(23(2)3)24(4)5/h9-11,13-16,21-24,30H,7-8,12,17-20H2,1-6H3,(H,34,39)(H,36,38). The van der Waals surface area contributed by atoms with Gasteiger partial charge in [0.25, 0.3) is 5.91 Å². The summed E-state index contributed by atoms with van der Waals surface area (Å²) in [5.74, 6) is 0.389. The molecule has 0 fully saturated rings. The number of amides is 2. The number of carbonyl (C=O) groups excluding carboxylic acids is 2. The molecule has 0 aliphatic heterocycles. The second kappa shape index (κ2) is 15.8. The zero-order valence-electron chi connectivity index (χ0n) is 25.0. The van der Waals surface area contributed by atoms with E-state index in [4.69, 9.17) is 4.98 Å². The van der Waals surface area contributed by atoms with Gasteiger partial charge in [0.1, 0.15) is 6.04 Å². The lowest BCUT2D eigenvalue weighted by Gasteiger charge is -2.30. The molecule has 0 saturated carbocycles. The summed E-state index contributed by atoms with van der Waals surface area (Å²) in [5.41, 5.74) is 4.21. The highest BCUT2D eigenvalue weighted by Crippen LogP contribution is 2.26. The first-order valence-electron chi connectivity index (χ1n) is 14.6. The second-order valence-corrected chi connectivity index (χ2v) is 11.9. The number of hydrogen-bond acceptors (Lipinski definition) is 5. The first kappa shape index (κ1) is 31.6. The Hall–Kier alpha value is -2.90. The third-order valence-electron chi connectivity index (χ3n) is 7.23. The predicted molar refractivity (Wildman–Crippen MR) is 170 cm³/mol. The molecule has 1 aromatic heterocycles. The first-order chi connectivity index (χ1) is 19.2. The van der Waals surface area contributed by atoms with Crippen LogP contribution >= 0.6 is 11.8 Å². The number of thioether (sulfide) groups is 1. The smallest absolute Gasteiger partial charge is 0.252 e. The Morgan fingerprint density at radius 3 is 2.38 bits per heavy atom. The number of benzene rings is 2. The van der Waals surface area contributed by atoms with E-state index < -0.39 is 6.04 Å². The number of aryl methyl sites for hydroxylation is 1. The van der Waals surface area contributed by atoms with Crippen molar-refractivity contribution < 1.29 is 9.59 Å². The van der Waals surface area contributed by atoms with Crippen molar-refractivity contribution in [3.8, 4) is 11.3 Å². The Kier molecular flexibility index (Phi) is 12.5. The molecule has 40 heavy (non-hydrogen) atoms. The van der Waals surface area contributed by atoms with Crippen LogP contribution in [0.25, 0.3) is 22.2 Å². The van der Waals surface area contributed by atoms with E-state index in [9.17, 15) is 9.59 Å². The molecule has 2 N–H and O–H groups in total. The normalized spacial score (nSPS) is 12.3. The van der Waals surface area contributed by atoms with Crippen LogP contribution in [0.2, 0.25) is 0 Å². The van der Waals surface area contributed by atoms with Crippen molar-refractivity contribution in [2.75, 3.05) is 25.1 Å². The SMILES string of the molecule is CCCCc1ccc2nc(-c3ccccc3)cc(C(=O)NC(CCSC)C(=O)NCCN(C(C)C)C(C)C)c2c1. The summed E-state index contributed by atoms with van der Waals surface area (Å²) in [7, 11) is 0. The van der Waals surface area contributed by atoms with Crippen molar-refractivity contribution in [1.82, 2.24) is 20.5 Å². The molecule has 6 nitrogen and oxygen atoms in total. The Morgan fingerprint density at radius 2 is 1.73 bits per heavy atom. The number of pyridine rings is 1. The molecule has 0 aliphatic rings. The van der Waals surface area contributed by atoms with Gasteiger partial charge in [0.05, 0.1) is 16.8 Å². The first-order valence-corrected chi connectivity index (χ1v) is 16.0. The van der Waals surface area contributed by atoms with Crippen molar-refractivity contribution in [2.24, 2.45) is 0 Å². The fraction of sp³-hybridized carbons (Fsp3) is 0.485. The number of carbonyl (C=O) groups is 2. The van der Waals surface area contributed by atoms with Gasteiger partial charge in [-0.1, -0.05) is 49.7 Å². The largest absolute Gasteiger partial charge is 0.353 e. The molecule has 3 aromatic rings. The minimum absolute atomic E-state index is 0.139. The molecule has 2 aromatic carbocycles. The van der Waals surface area contributed by atoms with Gasteiger partial charge >= 0.3 is 0 Å². The second-order valence-electron chi connectivity index (χ2n) is 10.9. The predicted octanol–water partition coefficient (Wildman–Crippen LogP) is 6.33. The van der Waals surface area contributed by atoms with E-state index in [0.29, 0.717) is 30.6 Å². The Labute approximate surface area is 244 Å². The third-order valence-corrected chi connectivity index (χ3v) is 7.88. The molecule has 7 heteroatoms. The molecule has 3 rings (SSSR count). The molecular formula is C33H46N4O2S. The lowest BCUT2D eigenvalue weighted by Crippen LogP contribution is -2.49. The van der Waals surface area contributed by atoms with Crippen molar-refractivity contribution >= 4 is 34.5 Å². The van der Waals surface area contributed by atoms with Crippen LogP contribution in [0.1, 0.15) is 69.8 Å². The van der Waals surface area contributed by atoms with Crippen molar-refractivity contribution in [3.63, 3.8) is 0 Å². The number of rotatable bonds is 15. The summed E-state index contributed by atoms with van der Waals surface area (Å²) < 4.78 is 0. The van der Waals surface area contributed by atoms with Crippen LogP contribution in [0.4, 0.5) is 0 Å². The third kappa shape index (κ3) is 8.80. The maximum Gasteiger partial charge on any atom is 0.252 e. The number of fused-ring (bicyclic) bond motifs is 1. The summed E-state index contributed by atoms with van der Waals surface area (Å²) in [5, 5.41) is 6.98. The summed E-state index contributed by atoms with van der Waals surface area (Å²) in [6.07, 6.45) is 5.73. The van der Waals surface area contributed by atoms with Crippen LogP contribution in [0.15, 0.2) is 54.6 Å². The molecule has 1 heterocycles. The number of nitrogens with zero attached hydrogens (tertiary/aromatic N) is 2. The molecule has 0 aliphatic carbocycles. The van der Waals surface area contributed by atoms with E-state index in [1.165, 1.54) is 5.56 Å². The molecule has 0 spiro atoms. The fourth-order valence-corrected chi connectivity index (χ4v) is 5.51. The highest BCUT2D eigenvalue weighted by atomic mass is 32.2. The lowest BCUT2D eigenvalue weighted by atomic mass is 9.99. The quantitative estimate of drug-likeness (QED) is 0.226. The molecule has 0 radical (unpaired) electrons. The number of unbranched alkanes of at least 4 members (excludes halogenated alkanes) is 1. The van der Waals surface area contributed by atoms with Gasteiger partial charge in [-0.05, 0) is 82.7 Å². The van der Waals surface area contributed by atoms with Crippen LogP contribution in [0.5, 0.6) is 0 Å². The summed E-state index contributed by atoms with van der Waals surface area (Å²) >= 11 is 1.67. The molecule has 1 atom stereocenters. The number of aromatic nitrogens is 1. The maximum absolute atomic E-state index is 13.9. The molecule has 0 bridgehead atoms. The summed E-state index contributed by atoms with van der Waals surface area (Å²) in [4.78, 5) is 34.4. The minimum atomic E-state index is -0.613. The van der Waals surface area contributed by atoms with Crippen LogP contribution in [0.3, 0.4) is 0 Å². The molecule has 1 unspecified atom stereocenters. The Balaban J connectivity index is 1.89. The molecule has 0 saturated heterocycles. The highest BCUT2D eigenvalue weighted by Gasteiger charge is 2.23. The van der Waals surface area contributed by atoms with Crippen LogP contribution in [0, 0.1) is 0 Å². The number of hydrogen-bond donors (Lipinski definition) is 2. The van der Waals surface area contributed by atoms with Crippen molar-refractivity contribution in [1.29, 1.82) is 0 Å². The van der Waals surface area contributed by atoms with Crippen LogP contribution in [-0.4, -0.2) is 64.9 Å². The zero-order valence-corrected chi connectivity index (χ0v) is 25.8. The number of nitrogens with one attached hydrogen (secondary N) is 2. The van der Waals surface area contributed by atoms with Gasteiger partial charge in [0.2, 0.25) is 5.91 Å². The summed E-state index contributed by atoms with van der Waals surface area (Å²) in [6, 6.07) is 18.1. The van der Waals surface area contributed by atoms with Gasteiger partial charge in [-0.25, -0.2) is 4.98 Å². The van der Waals surface area contributed by atoms with Crippen molar-refractivity contribution in [3.05, 3.63) is 65.7 Å². The van der Waals surface area contributed by atoms with Crippen molar-refractivity contribution in [2.45, 2.75) is 78.4 Å². The molecule has 2 amide bonds.